The lowest BCUT2D eigenvalue weighted by molar-refractivity contribution is 0.102. The number of fused-ring (bicyclic) bond motifs is 1. The first-order chi connectivity index (χ1) is 13.6. The summed E-state index contributed by atoms with van der Waals surface area (Å²) >= 11 is 0. The number of hydrogen-bond donors (Lipinski definition) is 2. The van der Waals surface area contributed by atoms with Crippen molar-refractivity contribution in [2.75, 3.05) is 23.8 Å². The highest BCUT2D eigenvalue weighted by atomic mass is 16.6. The van der Waals surface area contributed by atoms with E-state index in [4.69, 9.17) is 9.47 Å². The standard InChI is InChI=1S/C21H20N4O3/c1-13-5-3-4-6-16(13)25-21(26)17-12-20(23-14(2)22-17)24-15-7-8-18-19(11-15)28-10-9-27-18/h3-8,11-12H,9-10H2,1-2H3,(H,25,26)(H,22,23,24). The molecule has 4 rings (SSSR count). The summed E-state index contributed by atoms with van der Waals surface area (Å²) in [5.41, 5.74) is 2.81. The van der Waals surface area contributed by atoms with Gasteiger partial charge in [-0.3, -0.25) is 4.79 Å². The minimum atomic E-state index is -0.287. The Bertz CT molecular complexity index is 1040. The number of benzene rings is 2. The van der Waals surface area contributed by atoms with Crippen LogP contribution in [-0.2, 0) is 0 Å². The number of nitrogens with zero attached hydrogens (tertiary/aromatic N) is 2. The van der Waals surface area contributed by atoms with E-state index < -0.39 is 0 Å². The molecule has 0 bridgehead atoms. The summed E-state index contributed by atoms with van der Waals surface area (Å²) in [6, 6.07) is 14.8. The first-order valence-electron chi connectivity index (χ1n) is 8.98. The number of anilines is 3. The van der Waals surface area contributed by atoms with Gasteiger partial charge in [0.25, 0.3) is 5.91 Å². The predicted octanol–water partition coefficient (Wildman–Crippen LogP) is 3.86. The Labute approximate surface area is 162 Å². The second kappa shape index (κ2) is 7.56. The Balaban J connectivity index is 1.55. The van der Waals surface area contributed by atoms with E-state index in [2.05, 4.69) is 20.6 Å². The first kappa shape index (κ1) is 17.8. The van der Waals surface area contributed by atoms with Gasteiger partial charge in [0.15, 0.2) is 11.5 Å². The number of amides is 1. The molecule has 0 radical (unpaired) electrons. The molecule has 0 fully saturated rings. The van der Waals surface area contributed by atoms with E-state index in [-0.39, 0.29) is 11.6 Å². The molecule has 142 valence electrons. The van der Waals surface area contributed by atoms with Crippen LogP contribution in [-0.4, -0.2) is 29.1 Å². The molecular formula is C21H20N4O3. The molecule has 7 nitrogen and oxygen atoms in total. The zero-order valence-corrected chi connectivity index (χ0v) is 15.7. The molecule has 28 heavy (non-hydrogen) atoms. The van der Waals surface area contributed by atoms with Gasteiger partial charge in [-0.15, -0.1) is 0 Å². The lowest BCUT2D eigenvalue weighted by Crippen LogP contribution is -2.16. The fourth-order valence-electron chi connectivity index (χ4n) is 2.92. The zero-order valence-electron chi connectivity index (χ0n) is 15.7. The summed E-state index contributed by atoms with van der Waals surface area (Å²) < 4.78 is 11.1. The summed E-state index contributed by atoms with van der Waals surface area (Å²) in [5.74, 6) is 2.13. The van der Waals surface area contributed by atoms with Gasteiger partial charge in [0.2, 0.25) is 0 Å². The van der Waals surface area contributed by atoms with Gasteiger partial charge in [-0.2, -0.15) is 0 Å². The van der Waals surface area contributed by atoms with Crippen LogP contribution in [0.25, 0.3) is 0 Å². The van der Waals surface area contributed by atoms with Crippen LogP contribution in [0.15, 0.2) is 48.5 Å². The molecule has 1 aliphatic rings. The molecule has 7 heteroatoms. The molecule has 0 spiro atoms. The molecule has 0 aliphatic carbocycles. The van der Waals surface area contributed by atoms with E-state index in [1.807, 2.05) is 49.4 Å². The van der Waals surface area contributed by atoms with E-state index >= 15 is 0 Å². The topological polar surface area (TPSA) is 85.4 Å². The van der Waals surface area contributed by atoms with Crippen LogP contribution in [0.4, 0.5) is 17.2 Å². The van der Waals surface area contributed by atoms with Crippen LogP contribution >= 0.6 is 0 Å². The minimum Gasteiger partial charge on any atom is -0.486 e. The second-order valence-electron chi connectivity index (χ2n) is 6.44. The number of aryl methyl sites for hydroxylation is 2. The average molecular weight is 376 g/mol. The lowest BCUT2D eigenvalue weighted by Gasteiger charge is -2.19. The highest BCUT2D eigenvalue weighted by molar-refractivity contribution is 6.03. The Morgan fingerprint density at radius 1 is 0.964 bits per heavy atom. The van der Waals surface area contributed by atoms with E-state index in [0.29, 0.717) is 36.4 Å². The third-order valence-corrected chi connectivity index (χ3v) is 4.28. The van der Waals surface area contributed by atoms with Gasteiger partial charge < -0.3 is 20.1 Å². The maximum absolute atomic E-state index is 12.6. The van der Waals surface area contributed by atoms with Crippen molar-refractivity contribution in [3.8, 4) is 11.5 Å². The monoisotopic (exact) mass is 376 g/mol. The number of aromatic nitrogens is 2. The van der Waals surface area contributed by atoms with Crippen LogP contribution in [0.3, 0.4) is 0 Å². The minimum absolute atomic E-state index is 0.287. The summed E-state index contributed by atoms with van der Waals surface area (Å²) in [5, 5.41) is 6.09. The average Bonchev–Trinajstić information content (AvgIpc) is 2.69. The predicted molar refractivity (Wildman–Crippen MR) is 107 cm³/mol. The first-order valence-corrected chi connectivity index (χ1v) is 8.98. The number of rotatable bonds is 4. The SMILES string of the molecule is Cc1nc(Nc2ccc3c(c2)OCCO3)cc(C(=O)Nc2ccccc2C)n1. The van der Waals surface area contributed by atoms with E-state index in [1.165, 1.54) is 0 Å². The number of para-hydroxylation sites is 1. The van der Waals surface area contributed by atoms with Gasteiger partial charge in [-0.25, -0.2) is 9.97 Å². The van der Waals surface area contributed by atoms with Crippen LogP contribution < -0.4 is 20.1 Å². The molecule has 2 heterocycles. The van der Waals surface area contributed by atoms with Gasteiger partial charge >= 0.3 is 0 Å². The van der Waals surface area contributed by atoms with Crippen molar-refractivity contribution in [3.05, 3.63) is 65.6 Å². The molecule has 0 unspecified atom stereocenters. The van der Waals surface area contributed by atoms with Crippen molar-refractivity contribution in [2.45, 2.75) is 13.8 Å². The molecule has 2 N–H and O–H groups in total. The number of carbonyl (C=O) groups is 1. The molecule has 2 aromatic carbocycles. The molecular weight excluding hydrogens is 356 g/mol. The highest BCUT2D eigenvalue weighted by Gasteiger charge is 2.14. The Morgan fingerprint density at radius 3 is 2.57 bits per heavy atom. The zero-order chi connectivity index (χ0) is 19.5. The van der Waals surface area contributed by atoms with Gasteiger partial charge in [-0.05, 0) is 37.6 Å². The molecule has 0 saturated carbocycles. The van der Waals surface area contributed by atoms with E-state index in [1.54, 1.807) is 13.0 Å². The van der Waals surface area contributed by atoms with Gasteiger partial charge in [0.05, 0.1) is 0 Å². The smallest absolute Gasteiger partial charge is 0.274 e. The highest BCUT2D eigenvalue weighted by Crippen LogP contribution is 2.33. The van der Waals surface area contributed by atoms with E-state index in [0.717, 1.165) is 16.9 Å². The largest absolute Gasteiger partial charge is 0.486 e. The molecule has 0 saturated heterocycles. The Morgan fingerprint density at radius 2 is 1.75 bits per heavy atom. The third-order valence-electron chi connectivity index (χ3n) is 4.28. The number of carbonyl (C=O) groups excluding carboxylic acids is 1. The summed E-state index contributed by atoms with van der Waals surface area (Å²) in [7, 11) is 0. The number of hydrogen-bond acceptors (Lipinski definition) is 6. The Kier molecular flexibility index (Phi) is 4.80. The summed E-state index contributed by atoms with van der Waals surface area (Å²) in [6.07, 6.45) is 0. The van der Waals surface area contributed by atoms with Crippen molar-refractivity contribution >= 4 is 23.1 Å². The normalized spacial score (nSPS) is 12.4. The molecule has 0 atom stereocenters. The molecule has 1 amide bonds. The maximum Gasteiger partial charge on any atom is 0.274 e. The maximum atomic E-state index is 12.6. The van der Waals surface area contributed by atoms with Crippen LogP contribution in [0.1, 0.15) is 21.9 Å². The fourth-order valence-corrected chi connectivity index (χ4v) is 2.92. The van der Waals surface area contributed by atoms with Crippen molar-refractivity contribution in [1.29, 1.82) is 0 Å². The van der Waals surface area contributed by atoms with Crippen molar-refractivity contribution < 1.29 is 14.3 Å². The van der Waals surface area contributed by atoms with Crippen molar-refractivity contribution in [2.24, 2.45) is 0 Å². The molecule has 3 aromatic rings. The van der Waals surface area contributed by atoms with Crippen LogP contribution in [0, 0.1) is 13.8 Å². The van der Waals surface area contributed by atoms with E-state index in [9.17, 15) is 4.79 Å². The Hall–Kier alpha value is -3.61. The fraction of sp³-hybridized carbons (Fsp3) is 0.190. The van der Waals surface area contributed by atoms with Crippen molar-refractivity contribution in [1.82, 2.24) is 9.97 Å². The lowest BCUT2D eigenvalue weighted by atomic mass is 10.2. The molecule has 1 aromatic heterocycles. The van der Waals surface area contributed by atoms with Crippen LogP contribution in [0.5, 0.6) is 11.5 Å². The van der Waals surface area contributed by atoms with Gasteiger partial charge in [-0.1, -0.05) is 18.2 Å². The summed E-state index contributed by atoms with van der Waals surface area (Å²) in [6.45, 7) is 4.76. The van der Waals surface area contributed by atoms with Crippen LogP contribution in [0.2, 0.25) is 0 Å². The second-order valence-corrected chi connectivity index (χ2v) is 6.44. The third kappa shape index (κ3) is 3.88. The summed E-state index contributed by atoms with van der Waals surface area (Å²) in [4.78, 5) is 21.3. The quantitative estimate of drug-likeness (QED) is 0.719. The van der Waals surface area contributed by atoms with Gasteiger partial charge in [0, 0.05) is 23.5 Å². The number of nitrogens with one attached hydrogen (secondary N) is 2. The molecule has 1 aliphatic heterocycles. The van der Waals surface area contributed by atoms with Gasteiger partial charge in [0.1, 0.15) is 30.5 Å². The number of ether oxygens (including phenoxy) is 2. The van der Waals surface area contributed by atoms with Crippen molar-refractivity contribution in [3.63, 3.8) is 0 Å².